The van der Waals surface area contributed by atoms with E-state index in [4.69, 9.17) is 14.5 Å². The SMILES string of the molecule is COc1cccc(OC)c1SCc1nc2cc(-n3ccnc3)c(-n3ccnc3)cc2[nH]1. The lowest BCUT2D eigenvalue weighted by Gasteiger charge is -2.11. The van der Waals surface area contributed by atoms with Gasteiger partial charge in [-0.1, -0.05) is 6.07 Å². The van der Waals surface area contributed by atoms with Gasteiger partial charge in [0.1, 0.15) is 17.3 Å². The molecular weight excluding hydrogens is 412 g/mol. The minimum Gasteiger partial charge on any atom is -0.495 e. The molecule has 3 aromatic heterocycles. The van der Waals surface area contributed by atoms with Gasteiger partial charge in [-0.25, -0.2) is 15.0 Å². The highest BCUT2D eigenvalue weighted by atomic mass is 32.2. The molecule has 5 rings (SSSR count). The Bertz CT molecular complexity index is 1220. The number of thioether (sulfide) groups is 1. The Morgan fingerprint density at radius 1 is 0.935 bits per heavy atom. The molecule has 0 atom stereocenters. The van der Waals surface area contributed by atoms with Crippen LogP contribution in [0.4, 0.5) is 0 Å². The first-order chi connectivity index (χ1) is 15.3. The fourth-order valence-electron chi connectivity index (χ4n) is 3.47. The smallest absolute Gasteiger partial charge is 0.136 e. The average molecular weight is 433 g/mol. The van der Waals surface area contributed by atoms with Gasteiger partial charge in [0.2, 0.25) is 0 Å². The van der Waals surface area contributed by atoms with Gasteiger partial charge in [0.25, 0.3) is 0 Å². The standard InChI is InChI=1S/C22H20N6O2S/c1-29-19-4-3-5-20(30-2)22(19)31-12-21-25-15-10-17(27-8-6-23-13-27)18(11-16(15)26-21)28-9-7-24-14-28/h3-11,13-14H,12H2,1-2H3,(H,25,26). The predicted octanol–water partition coefficient (Wildman–Crippen LogP) is 4.24. The zero-order valence-corrected chi connectivity index (χ0v) is 17.8. The zero-order chi connectivity index (χ0) is 21.2. The molecule has 5 aromatic rings. The van der Waals surface area contributed by atoms with E-state index in [1.165, 1.54) is 0 Å². The lowest BCUT2D eigenvalue weighted by Crippen LogP contribution is -2.00. The molecule has 8 nitrogen and oxygen atoms in total. The van der Waals surface area contributed by atoms with Crippen molar-refractivity contribution < 1.29 is 9.47 Å². The van der Waals surface area contributed by atoms with Crippen LogP contribution in [-0.4, -0.2) is 43.3 Å². The molecule has 0 saturated heterocycles. The molecule has 0 aliphatic heterocycles. The fourth-order valence-corrected chi connectivity index (χ4v) is 4.48. The van der Waals surface area contributed by atoms with Crippen LogP contribution < -0.4 is 9.47 Å². The molecule has 0 bridgehead atoms. The minimum absolute atomic E-state index is 0.645. The molecule has 0 radical (unpaired) electrons. The van der Waals surface area contributed by atoms with Gasteiger partial charge in [-0.15, -0.1) is 11.8 Å². The largest absolute Gasteiger partial charge is 0.495 e. The van der Waals surface area contributed by atoms with Crippen molar-refractivity contribution in [2.75, 3.05) is 14.2 Å². The Morgan fingerprint density at radius 2 is 1.58 bits per heavy atom. The number of ether oxygens (including phenoxy) is 2. The summed E-state index contributed by atoms with van der Waals surface area (Å²) >= 11 is 1.62. The van der Waals surface area contributed by atoms with Gasteiger partial charge >= 0.3 is 0 Å². The van der Waals surface area contributed by atoms with Crippen molar-refractivity contribution in [1.29, 1.82) is 0 Å². The third-order valence-corrected chi connectivity index (χ3v) is 6.04. The van der Waals surface area contributed by atoms with Gasteiger partial charge in [0.05, 0.1) is 59.9 Å². The second-order valence-corrected chi connectivity index (χ2v) is 7.75. The molecule has 0 unspecified atom stereocenters. The Balaban J connectivity index is 1.51. The van der Waals surface area contributed by atoms with Crippen molar-refractivity contribution in [1.82, 2.24) is 29.1 Å². The van der Waals surface area contributed by atoms with Crippen molar-refractivity contribution in [3.05, 3.63) is 73.6 Å². The zero-order valence-electron chi connectivity index (χ0n) is 17.0. The van der Waals surface area contributed by atoms with E-state index in [0.29, 0.717) is 5.75 Å². The third-order valence-electron chi connectivity index (χ3n) is 4.93. The summed E-state index contributed by atoms with van der Waals surface area (Å²) in [6.45, 7) is 0. The molecule has 0 saturated carbocycles. The van der Waals surface area contributed by atoms with E-state index >= 15 is 0 Å². The number of imidazole rings is 3. The van der Waals surface area contributed by atoms with Crippen LogP contribution in [0.2, 0.25) is 0 Å². The summed E-state index contributed by atoms with van der Waals surface area (Å²) in [7, 11) is 3.32. The molecule has 1 N–H and O–H groups in total. The van der Waals surface area contributed by atoms with E-state index in [2.05, 4.69) is 27.1 Å². The van der Waals surface area contributed by atoms with Crippen LogP contribution in [0.1, 0.15) is 5.82 Å². The number of fused-ring (bicyclic) bond motifs is 1. The normalized spacial score (nSPS) is 11.2. The number of hydrogen-bond donors (Lipinski definition) is 1. The van der Waals surface area contributed by atoms with Crippen molar-refractivity contribution in [3.63, 3.8) is 0 Å². The molecule has 3 heterocycles. The van der Waals surface area contributed by atoms with Crippen LogP contribution >= 0.6 is 11.8 Å². The molecule has 0 spiro atoms. The van der Waals surface area contributed by atoms with Crippen LogP contribution in [-0.2, 0) is 5.75 Å². The minimum atomic E-state index is 0.645. The summed E-state index contributed by atoms with van der Waals surface area (Å²) in [5.74, 6) is 3.08. The summed E-state index contributed by atoms with van der Waals surface area (Å²) in [5.41, 5.74) is 3.79. The number of nitrogens with zero attached hydrogens (tertiary/aromatic N) is 5. The first-order valence-electron chi connectivity index (χ1n) is 9.60. The molecule has 0 aliphatic rings. The Labute approximate surface area is 182 Å². The first-order valence-corrected chi connectivity index (χ1v) is 10.6. The lowest BCUT2D eigenvalue weighted by molar-refractivity contribution is 0.376. The topological polar surface area (TPSA) is 82.8 Å². The average Bonchev–Trinajstić information content (AvgIpc) is 3.57. The van der Waals surface area contributed by atoms with Crippen LogP contribution in [0.3, 0.4) is 0 Å². The molecule has 156 valence electrons. The van der Waals surface area contributed by atoms with Gasteiger partial charge in [0.15, 0.2) is 0 Å². The number of methoxy groups -OCH3 is 2. The fraction of sp³-hybridized carbons (Fsp3) is 0.136. The molecule has 9 heteroatoms. The maximum atomic E-state index is 5.50. The van der Waals surface area contributed by atoms with E-state index in [1.54, 1.807) is 51.0 Å². The number of benzene rings is 2. The maximum Gasteiger partial charge on any atom is 0.136 e. The van der Waals surface area contributed by atoms with Gasteiger partial charge in [-0.05, 0) is 24.3 Å². The molecule has 31 heavy (non-hydrogen) atoms. The summed E-state index contributed by atoms with van der Waals surface area (Å²) in [5, 5.41) is 0. The maximum absolute atomic E-state index is 5.50. The van der Waals surface area contributed by atoms with Crippen LogP contribution in [0.25, 0.3) is 22.4 Å². The van der Waals surface area contributed by atoms with Crippen molar-refractivity contribution in [2.45, 2.75) is 10.6 Å². The molecule has 0 fully saturated rings. The monoisotopic (exact) mass is 432 g/mol. The number of aromatic nitrogens is 6. The highest BCUT2D eigenvalue weighted by Crippen LogP contribution is 2.39. The van der Waals surface area contributed by atoms with Gasteiger partial charge < -0.3 is 23.6 Å². The van der Waals surface area contributed by atoms with Crippen molar-refractivity contribution in [3.8, 4) is 22.9 Å². The van der Waals surface area contributed by atoms with Crippen LogP contribution in [0.5, 0.6) is 11.5 Å². The summed E-state index contributed by atoms with van der Waals surface area (Å²) in [6, 6.07) is 9.91. The van der Waals surface area contributed by atoms with Gasteiger partial charge in [-0.3, -0.25) is 0 Å². The summed E-state index contributed by atoms with van der Waals surface area (Å²) in [4.78, 5) is 17.6. The van der Waals surface area contributed by atoms with E-state index < -0.39 is 0 Å². The molecular formula is C22H20N6O2S. The summed E-state index contributed by atoms with van der Waals surface area (Å²) in [6.07, 6.45) is 10.9. The number of nitrogens with one attached hydrogen (secondary N) is 1. The predicted molar refractivity (Wildman–Crippen MR) is 119 cm³/mol. The van der Waals surface area contributed by atoms with Gasteiger partial charge in [-0.2, -0.15) is 0 Å². The number of hydrogen-bond acceptors (Lipinski definition) is 6. The highest BCUT2D eigenvalue weighted by Gasteiger charge is 2.15. The Kier molecular flexibility index (Phi) is 5.09. The first kappa shape index (κ1) is 19.3. The van der Waals surface area contributed by atoms with E-state index in [0.717, 1.165) is 44.6 Å². The van der Waals surface area contributed by atoms with Gasteiger partial charge in [0, 0.05) is 24.8 Å². The van der Waals surface area contributed by atoms with Crippen molar-refractivity contribution >= 4 is 22.8 Å². The second kappa shape index (κ2) is 8.19. The third kappa shape index (κ3) is 3.64. The number of aromatic amines is 1. The summed E-state index contributed by atoms with van der Waals surface area (Å²) < 4.78 is 14.9. The van der Waals surface area contributed by atoms with E-state index in [1.807, 2.05) is 39.7 Å². The molecule has 0 amide bonds. The Hall–Kier alpha value is -3.72. The van der Waals surface area contributed by atoms with Crippen molar-refractivity contribution in [2.24, 2.45) is 0 Å². The van der Waals surface area contributed by atoms with E-state index in [-0.39, 0.29) is 0 Å². The number of H-pyrrole nitrogens is 1. The highest BCUT2D eigenvalue weighted by molar-refractivity contribution is 7.98. The number of rotatable bonds is 7. The quantitative estimate of drug-likeness (QED) is 0.387. The van der Waals surface area contributed by atoms with Crippen LogP contribution in [0, 0.1) is 0 Å². The second-order valence-electron chi connectivity index (χ2n) is 6.76. The molecule has 0 aliphatic carbocycles. The lowest BCUT2D eigenvalue weighted by atomic mass is 10.2. The molecule has 2 aromatic carbocycles. The van der Waals surface area contributed by atoms with E-state index in [9.17, 15) is 0 Å². The Morgan fingerprint density at radius 3 is 2.16 bits per heavy atom. The van der Waals surface area contributed by atoms with Crippen LogP contribution in [0.15, 0.2) is 72.7 Å².